The van der Waals surface area contributed by atoms with Crippen LogP contribution in [0.5, 0.6) is 28.7 Å². The van der Waals surface area contributed by atoms with Gasteiger partial charge in [0.25, 0.3) is 0 Å². The highest BCUT2D eigenvalue weighted by atomic mass is 16.5. The first-order valence-electron chi connectivity index (χ1n) is 6.94. The number of rotatable bonds is 2. The van der Waals surface area contributed by atoms with Gasteiger partial charge >= 0.3 is 0 Å². The molecule has 0 aliphatic carbocycles. The van der Waals surface area contributed by atoms with E-state index in [1.165, 1.54) is 0 Å². The van der Waals surface area contributed by atoms with Crippen LogP contribution in [-0.2, 0) is 6.61 Å². The van der Waals surface area contributed by atoms with Gasteiger partial charge in [-0.25, -0.2) is 0 Å². The molecule has 8 nitrogen and oxygen atoms in total. The molecular weight excluding hydrogens is 320 g/mol. The summed E-state index contributed by atoms with van der Waals surface area (Å²) in [5.41, 5.74) is -0.0535. The Morgan fingerprint density at radius 1 is 0.958 bits per heavy atom. The molecule has 6 N–H and O–H groups in total. The topological polar surface area (TPSA) is 148 Å². The molecule has 0 saturated carbocycles. The number of Topliss-reactive ketones (excluding diaryl/α,β-unsaturated/α-hetero) is 1. The lowest BCUT2D eigenvalue weighted by Crippen LogP contribution is -2.36. The molecule has 1 aliphatic rings. The number of phenols is 4. The van der Waals surface area contributed by atoms with E-state index in [0.29, 0.717) is 0 Å². The lowest BCUT2D eigenvalue weighted by molar-refractivity contribution is 0.0203. The quantitative estimate of drug-likeness (QED) is 0.439. The van der Waals surface area contributed by atoms with Crippen molar-refractivity contribution in [1.82, 2.24) is 0 Å². The summed E-state index contributed by atoms with van der Waals surface area (Å²) in [5, 5.41) is 58.1. The Morgan fingerprint density at radius 2 is 1.62 bits per heavy atom. The molecule has 1 heterocycles. The summed E-state index contributed by atoms with van der Waals surface area (Å²) in [5.74, 6) is -2.86. The van der Waals surface area contributed by atoms with Crippen LogP contribution in [0.25, 0.3) is 0 Å². The Balaban J connectivity index is 2.14. The number of hydrogen-bond donors (Lipinski definition) is 6. The molecule has 0 aromatic heterocycles. The summed E-state index contributed by atoms with van der Waals surface area (Å²) in [6.45, 7) is -0.540. The summed E-state index contributed by atoms with van der Waals surface area (Å²) < 4.78 is 5.50. The van der Waals surface area contributed by atoms with Crippen molar-refractivity contribution in [2.45, 2.75) is 18.8 Å². The molecule has 0 saturated heterocycles. The summed E-state index contributed by atoms with van der Waals surface area (Å²) >= 11 is 0. The van der Waals surface area contributed by atoms with E-state index < -0.39 is 41.8 Å². The molecule has 24 heavy (non-hydrogen) atoms. The van der Waals surface area contributed by atoms with Gasteiger partial charge in [-0.1, -0.05) is 0 Å². The van der Waals surface area contributed by atoms with Gasteiger partial charge in [-0.15, -0.1) is 0 Å². The minimum atomic E-state index is -1.72. The molecule has 0 amide bonds. The van der Waals surface area contributed by atoms with Crippen LogP contribution >= 0.6 is 0 Å². The zero-order valence-corrected chi connectivity index (χ0v) is 12.2. The van der Waals surface area contributed by atoms with Crippen molar-refractivity contribution in [3.8, 4) is 28.7 Å². The average Bonchev–Trinajstić information content (AvgIpc) is 2.52. The monoisotopic (exact) mass is 334 g/mol. The Labute approximate surface area is 135 Å². The summed E-state index contributed by atoms with van der Waals surface area (Å²) in [7, 11) is 0. The van der Waals surface area contributed by atoms with E-state index in [4.69, 9.17) is 4.74 Å². The summed E-state index contributed by atoms with van der Waals surface area (Å²) in [4.78, 5) is 12.3. The van der Waals surface area contributed by atoms with E-state index in [2.05, 4.69) is 0 Å². The fourth-order valence-corrected chi connectivity index (χ4v) is 2.69. The van der Waals surface area contributed by atoms with Crippen molar-refractivity contribution in [2.24, 2.45) is 0 Å². The highest BCUT2D eigenvalue weighted by Crippen LogP contribution is 2.43. The van der Waals surface area contributed by atoms with Crippen LogP contribution in [0.3, 0.4) is 0 Å². The molecular formula is C16H14O8. The Hall–Kier alpha value is -2.97. The van der Waals surface area contributed by atoms with Crippen molar-refractivity contribution in [3.63, 3.8) is 0 Å². The number of ketones is 1. The fraction of sp³-hybridized carbons (Fsp3) is 0.188. The number of aliphatic hydroxyl groups excluding tert-OH is 2. The lowest BCUT2D eigenvalue weighted by atomic mass is 9.90. The number of carbonyl (C=O) groups excluding carboxylic acids is 1. The molecule has 1 aliphatic heterocycles. The molecule has 0 unspecified atom stereocenters. The fourth-order valence-electron chi connectivity index (χ4n) is 2.69. The number of aliphatic hydroxyl groups is 2. The van der Waals surface area contributed by atoms with E-state index in [0.717, 1.165) is 24.3 Å². The molecule has 0 bridgehead atoms. The van der Waals surface area contributed by atoms with Crippen LogP contribution in [0.1, 0.15) is 27.6 Å². The van der Waals surface area contributed by atoms with E-state index in [1.54, 1.807) is 0 Å². The molecule has 126 valence electrons. The van der Waals surface area contributed by atoms with E-state index in [9.17, 15) is 35.4 Å². The first-order valence-corrected chi connectivity index (χ1v) is 6.94. The Morgan fingerprint density at radius 3 is 2.29 bits per heavy atom. The van der Waals surface area contributed by atoms with Crippen LogP contribution in [-0.4, -0.2) is 42.5 Å². The highest BCUT2D eigenvalue weighted by Gasteiger charge is 2.40. The number of hydrogen-bond acceptors (Lipinski definition) is 8. The highest BCUT2D eigenvalue weighted by molar-refractivity contribution is 6.05. The van der Waals surface area contributed by atoms with Gasteiger partial charge in [0.05, 0.1) is 6.61 Å². The van der Waals surface area contributed by atoms with Crippen molar-refractivity contribution in [2.75, 3.05) is 0 Å². The summed E-state index contributed by atoms with van der Waals surface area (Å²) in [6, 6.07) is 4.19. The van der Waals surface area contributed by atoms with Crippen molar-refractivity contribution < 1.29 is 40.2 Å². The van der Waals surface area contributed by atoms with Crippen molar-refractivity contribution in [3.05, 3.63) is 41.0 Å². The third-order valence-corrected chi connectivity index (χ3v) is 3.84. The van der Waals surface area contributed by atoms with E-state index in [1.807, 2.05) is 0 Å². The maximum atomic E-state index is 12.3. The maximum Gasteiger partial charge on any atom is 0.202 e. The molecule has 2 aromatic carbocycles. The van der Waals surface area contributed by atoms with Gasteiger partial charge in [-0.2, -0.15) is 0 Å². The lowest BCUT2D eigenvalue weighted by Gasteiger charge is -2.31. The van der Waals surface area contributed by atoms with Crippen LogP contribution in [0.15, 0.2) is 24.3 Å². The molecule has 2 aromatic rings. The van der Waals surface area contributed by atoms with Gasteiger partial charge in [0.2, 0.25) is 5.78 Å². The predicted octanol–water partition coefficient (Wildman–Crippen LogP) is 0.679. The normalized spacial score (nSPS) is 19.7. The first kappa shape index (κ1) is 15.9. The van der Waals surface area contributed by atoms with Gasteiger partial charge in [-0.05, 0) is 17.7 Å². The Kier molecular flexibility index (Phi) is 3.70. The predicted molar refractivity (Wildman–Crippen MR) is 79.2 cm³/mol. The zero-order chi connectivity index (χ0) is 17.6. The number of aromatic hydroxyl groups is 4. The van der Waals surface area contributed by atoms with Crippen LogP contribution in [0, 0.1) is 0 Å². The molecule has 0 fully saturated rings. The number of ether oxygens (including phenoxy) is 1. The molecule has 8 heteroatoms. The number of phenolic OH excluding ortho intramolecular Hbond substituents is 4. The van der Waals surface area contributed by atoms with Gasteiger partial charge in [0, 0.05) is 17.7 Å². The van der Waals surface area contributed by atoms with Crippen molar-refractivity contribution >= 4 is 5.78 Å². The van der Waals surface area contributed by atoms with Crippen LogP contribution < -0.4 is 4.74 Å². The van der Waals surface area contributed by atoms with Gasteiger partial charge in [0.15, 0.2) is 23.7 Å². The minimum absolute atomic E-state index is 0.0853. The average molecular weight is 334 g/mol. The molecule has 2 atom stereocenters. The van der Waals surface area contributed by atoms with Crippen molar-refractivity contribution in [1.29, 1.82) is 0 Å². The number of carbonyl (C=O) groups is 1. The third kappa shape index (κ3) is 2.38. The minimum Gasteiger partial charge on any atom is -0.508 e. The molecule has 3 rings (SSSR count). The van der Waals surface area contributed by atoms with Gasteiger partial charge in [0.1, 0.15) is 22.8 Å². The second kappa shape index (κ2) is 5.59. The number of benzene rings is 2. The SMILES string of the molecule is O=C1c2c(O)cc(O)cc2O[C@@H](c2cc(O)c(O)cc2CO)[C@@H]1O. The van der Waals surface area contributed by atoms with Gasteiger partial charge < -0.3 is 35.4 Å². The standard InChI is InChI=1S/C16H14O8/c17-5-6-1-9(19)10(20)4-8(6)16-15(23)14(22)13-11(21)2-7(18)3-12(13)24-16/h1-4,15-21,23H,5H2/t15-,16+/m1/s1. The third-order valence-electron chi connectivity index (χ3n) is 3.84. The van der Waals surface area contributed by atoms with Crippen LogP contribution in [0.2, 0.25) is 0 Å². The molecule has 0 spiro atoms. The first-order chi connectivity index (χ1) is 11.3. The second-order valence-corrected chi connectivity index (χ2v) is 5.38. The van der Waals surface area contributed by atoms with E-state index >= 15 is 0 Å². The largest absolute Gasteiger partial charge is 0.508 e. The second-order valence-electron chi connectivity index (χ2n) is 5.38. The maximum absolute atomic E-state index is 12.3. The molecule has 0 radical (unpaired) electrons. The Bertz CT molecular complexity index is 829. The number of fused-ring (bicyclic) bond motifs is 1. The smallest absolute Gasteiger partial charge is 0.202 e. The van der Waals surface area contributed by atoms with E-state index in [-0.39, 0.29) is 28.2 Å². The summed E-state index contributed by atoms with van der Waals surface area (Å²) in [6.07, 6.45) is -3.03. The zero-order valence-electron chi connectivity index (χ0n) is 12.2. The van der Waals surface area contributed by atoms with Gasteiger partial charge in [-0.3, -0.25) is 4.79 Å². The van der Waals surface area contributed by atoms with Crippen LogP contribution in [0.4, 0.5) is 0 Å².